The molecule has 0 aliphatic carbocycles. The van der Waals surface area contributed by atoms with Crippen molar-refractivity contribution in [2.24, 2.45) is 7.05 Å². The average molecular weight is 470 g/mol. The number of halogens is 4. The minimum Gasteiger partial charge on any atom is -0.275 e. The van der Waals surface area contributed by atoms with Crippen molar-refractivity contribution in [3.05, 3.63) is 82.4 Å². The fourth-order valence-corrected chi connectivity index (χ4v) is 4.84. The lowest BCUT2D eigenvalue weighted by Gasteiger charge is -2.15. The Morgan fingerprint density at radius 2 is 1.72 bits per heavy atom. The number of hydrogen-bond donors (Lipinski definition) is 0. The van der Waals surface area contributed by atoms with Gasteiger partial charge in [-0.15, -0.1) is 0 Å². The number of aromatic nitrogens is 3. The number of fused-ring (bicyclic) bond motifs is 1. The molecule has 2 aromatic carbocycles. The third kappa shape index (κ3) is 3.47. The summed E-state index contributed by atoms with van der Waals surface area (Å²) in [4.78, 5) is 4.69. The smallest absolute Gasteiger partial charge is 0.275 e. The second-order valence-corrected chi connectivity index (χ2v) is 8.49. The van der Waals surface area contributed by atoms with Crippen LogP contribution in [0.5, 0.6) is 0 Å². The normalized spacial score (nSPS) is 11.9. The molecule has 0 aliphatic rings. The first-order chi connectivity index (χ1) is 15.3. The summed E-state index contributed by atoms with van der Waals surface area (Å²) in [6.07, 6.45) is -1.49. The molecule has 0 bridgehead atoms. The van der Waals surface area contributed by atoms with Crippen molar-refractivity contribution in [1.29, 1.82) is 0 Å². The van der Waals surface area contributed by atoms with Crippen LogP contribution < -0.4 is 0 Å². The first-order valence-electron chi connectivity index (χ1n) is 9.65. The molecule has 5 rings (SSSR count). The SMILES string of the molecule is Cn1cc(-c2cccc(Cl)c2-c2ncc(-c3ccsc3)c3ccccc23)c(C(F)(F)F)n1. The third-order valence-electron chi connectivity index (χ3n) is 5.27. The molecule has 0 spiro atoms. The maximum atomic E-state index is 13.7. The number of nitrogens with zero attached hydrogens (tertiary/aromatic N) is 3. The van der Waals surface area contributed by atoms with Crippen LogP contribution in [0.4, 0.5) is 13.2 Å². The minimum absolute atomic E-state index is 0.0368. The lowest BCUT2D eigenvalue weighted by molar-refractivity contribution is -0.140. The summed E-state index contributed by atoms with van der Waals surface area (Å²) in [5.74, 6) is 0. The molecule has 3 nitrogen and oxygen atoms in total. The highest BCUT2D eigenvalue weighted by Crippen LogP contribution is 2.44. The molecule has 0 saturated carbocycles. The van der Waals surface area contributed by atoms with Crippen molar-refractivity contribution in [2.45, 2.75) is 6.18 Å². The molecular formula is C24H15ClF3N3S. The molecule has 0 radical (unpaired) electrons. The number of alkyl halides is 3. The van der Waals surface area contributed by atoms with Gasteiger partial charge in [0, 0.05) is 41.5 Å². The maximum absolute atomic E-state index is 13.7. The average Bonchev–Trinajstić information content (AvgIpc) is 3.43. The fraction of sp³-hybridized carbons (Fsp3) is 0.0833. The maximum Gasteiger partial charge on any atom is 0.435 e. The second kappa shape index (κ2) is 7.76. The Balaban J connectivity index is 1.82. The molecule has 0 N–H and O–H groups in total. The lowest BCUT2D eigenvalue weighted by atomic mass is 9.93. The largest absolute Gasteiger partial charge is 0.435 e. The van der Waals surface area contributed by atoms with Gasteiger partial charge in [0.2, 0.25) is 0 Å². The van der Waals surface area contributed by atoms with E-state index in [1.165, 1.54) is 13.2 Å². The van der Waals surface area contributed by atoms with Gasteiger partial charge in [-0.3, -0.25) is 9.67 Å². The molecule has 5 aromatic rings. The number of benzene rings is 2. The van der Waals surface area contributed by atoms with E-state index in [-0.39, 0.29) is 5.56 Å². The van der Waals surface area contributed by atoms with Gasteiger partial charge >= 0.3 is 6.18 Å². The number of hydrogen-bond acceptors (Lipinski definition) is 3. The zero-order valence-corrected chi connectivity index (χ0v) is 18.3. The summed E-state index contributed by atoms with van der Waals surface area (Å²) < 4.78 is 42.3. The molecular weight excluding hydrogens is 455 g/mol. The summed E-state index contributed by atoms with van der Waals surface area (Å²) in [5, 5.41) is 9.77. The molecule has 3 aromatic heterocycles. The lowest BCUT2D eigenvalue weighted by Crippen LogP contribution is -2.08. The van der Waals surface area contributed by atoms with Gasteiger partial charge in [-0.1, -0.05) is 48.0 Å². The molecule has 0 amide bonds. The summed E-state index contributed by atoms with van der Waals surface area (Å²) in [6.45, 7) is 0. The van der Waals surface area contributed by atoms with Gasteiger partial charge in [0.1, 0.15) is 0 Å². The van der Waals surface area contributed by atoms with Crippen molar-refractivity contribution in [1.82, 2.24) is 14.8 Å². The molecule has 0 atom stereocenters. The Labute approximate surface area is 190 Å². The Hall–Kier alpha value is -3.16. The van der Waals surface area contributed by atoms with Crippen LogP contribution in [0.3, 0.4) is 0 Å². The summed E-state index contributed by atoms with van der Waals surface area (Å²) in [6, 6.07) is 14.6. The molecule has 0 unspecified atom stereocenters. The van der Waals surface area contributed by atoms with Gasteiger partial charge in [-0.05, 0) is 39.4 Å². The van der Waals surface area contributed by atoms with E-state index >= 15 is 0 Å². The van der Waals surface area contributed by atoms with Gasteiger partial charge in [0.05, 0.1) is 10.7 Å². The Morgan fingerprint density at radius 3 is 2.44 bits per heavy atom. The van der Waals surface area contributed by atoms with Crippen LogP contribution in [0, 0.1) is 0 Å². The highest BCUT2D eigenvalue weighted by Gasteiger charge is 2.38. The van der Waals surface area contributed by atoms with Gasteiger partial charge in [-0.25, -0.2) is 0 Å². The summed E-state index contributed by atoms with van der Waals surface area (Å²) in [5.41, 5.74) is 2.30. The van der Waals surface area contributed by atoms with E-state index in [0.29, 0.717) is 21.8 Å². The van der Waals surface area contributed by atoms with E-state index in [9.17, 15) is 13.2 Å². The van der Waals surface area contributed by atoms with E-state index in [2.05, 4.69) is 5.10 Å². The van der Waals surface area contributed by atoms with Crippen LogP contribution >= 0.6 is 22.9 Å². The number of pyridine rings is 1. The van der Waals surface area contributed by atoms with Crippen molar-refractivity contribution in [3.8, 4) is 33.5 Å². The zero-order valence-electron chi connectivity index (χ0n) is 16.7. The summed E-state index contributed by atoms with van der Waals surface area (Å²) >= 11 is 8.17. The fourth-order valence-electron chi connectivity index (χ4n) is 3.92. The number of aryl methyl sites for hydroxylation is 1. The van der Waals surface area contributed by atoms with Crippen LogP contribution in [0.2, 0.25) is 5.02 Å². The van der Waals surface area contributed by atoms with E-state index < -0.39 is 11.9 Å². The highest BCUT2D eigenvalue weighted by molar-refractivity contribution is 7.08. The van der Waals surface area contributed by atoms with Crippen molar-refractivity contribution in [2.75, 3.05) is 0 Å². The molecule has 0 aliphatic heterocycles. The quantitative estimate of drug-likeness (QED) is 0.271. The third-order valence-corrected chi connectivity index (χ3v) is 6.26. The molecule has 32 heavy (non-hydrogen) atoms. The van der Waals surface area contributed by atoms with E-state index in [1.54, 1.807) is 35.7 Å². The minimum atomic E-state index is -4.60. The first kappa shape index (κ1) is 20.7. The van der Waals surface area contributed by atoms with Crippen molar-refractivity contribution < 1.29 is 13.2 Å². The Kier molecular flexibility index (Phi) is 5.03. The van der Waals surface area contributed by atoms with E-state index in [0.717, 1.165) is 26.6 Å². The molecule has 0 fully saturated rings. The molecule has 3 heterocycles. The Bertz CT molecular complexity index is 1440. The molecule has 8 heteroatoms. The van der Waals surface area contributed by atoms with E-state index in [4.69, 9.17) is 16.6 Å². The summed E-state index contributed by atoms with van der Waals surface area (Å²) in [7, 11) is 1.46. The van der Waals surface area contributed by atoms with Crippen LogP contribution in [0.1, 0.15) is 5.69 Å². The van der Waals surface area contributed by atoms with Gasteiger partial charge in [0.15, 0.2) is 5.69 Å². The van der Waals surface area contributed by atoms with Gasteiger partial charge < -0.3 is 0 Å². The van der Waals surface area contributed by atoms with Crippen LogP contribution in [0.25, 0.3) is 44.3 Å². The van der Waals surface area contributed by atoms with Gasteiger partial charge in [0.25, 0.3) is 0 Å². The van der Waals surface area contributed by atoms with Gasteiger partial charge in [-0.2, -0.15) is 29.6 Å². The molecule has 0 saturated heterocycles. The van der Waals surface area contributed by atoms with Crippen LogP contribution in [0.15, 0.2) is 71.7 Å². The second-order valence-electron chi connectivity index (χ2n) is 7.30. The Morgan fingerprint density at radius 1 is 0.938 bits per heavy atom. The topological polar surface area (TPSA) is 30.7 Å². The van der Waals surface area contributed by atoms with Crippen molar-refractivity contribution in [3.63, 3.8) is 0 Å². The number of thiophene rings is 1. The van der Waals surface area contributed by atoms with Crippen molar-refractivity contribution >= 4 is 33.7 Å². The predicted molar refractivity (Wildman–Crippen MR) is 123 cm³/mol. The van der Waals surface area contributed by atoms with E-state index in [1.807, 2.05) is 41.1 Å². The molecule has 160 valence electrons. The van der Waals surface area contributed by atoms with Crippen LogP contribution in [-0.2, 0) is 13.2 Å². The monoisotopic (exact) mass is 469 g/mol. The standard InChI is InChI=1S/C24H15ClF3N3S/c1-31-12-19(23(30-31)24(26,27)28)16-7-4-8-20(25)21(16)22-17-6-3-2-5-15(17)18(11-29-22)14-9-10-32-13-14/h2-13H,1H3. The number of rotatable bonds is 3. The predicted octanol–water partition coefficient (Wildman–Crippen LogP) is 7.70. The first-order valence-corrected chi connectivity index (χ1v) is 11.0. The zero-order chi connectivity index (χ0) is 22.5. The highest BCUT2D eigenvalue weighted by atomic mass is 35.5. The van der Waals surface area contributed by atoms with Crippen LogP contribution in [-0.4, -0.2) is 14.8 Å².